The zero-order valence-electron chi connectivity index (χ0n) is 20.2. The molecule has 174 valence electrons. The van der Waals surface area contributed by atoms with Crippen LogP contribution in [0.4, 0.5) is 0 Å². The van der Waals surface area contributed by atoms with Gasteiger partial charge in [0.1, 0.15) is 6.10 Å². The molecule has 0 N–H and O–H groups in total. The van der Waals surface area contributed by atoms with E-state index in [2.05, 4.69) is 6.92 Å². The molecule has 3 aliphatic carbocycles. The van der Waals surface area contributed by atoms with Gasteiger partial charge in [-0.2, -0.15) is 0 Å². The third-order valence-corrected chi connectivity index (χ3v) is 9.03. The Hall–Kier alpha value is -0.530. The number of hydrogen-bond acceptors (Lipinski definition) is 2. The van der Waals surface area contributed by atoms with E-state index in [0.29, 0.717) is 6.42 Å². The van der Waals surface area contributed by atoms with Crippen LogP contribution in [0.25, 0.3) is 0 Å². The number of hydrogen-bond donors (Lipinski definition) is 0. The van der Waals surface area contributed by atoms with Crippen molar-refractivity contribution in [2.45, 2.75) is 142 Å². The summed E-state index contributed by atoms with van der Waals surface area (Å²) in [5.74, 6) is 4.98. The molecule has 30 heavy (non-hydrogen) atoms. The Morgan fingerprint density at radius 1 is 0.633 bits per heavy atom. The third kappa shape index (κ3) is 7.86. The van der Waals surface area contributed by atoms with Crippen molar-refractivity contribution in [1.29, 1.82) is 0 Å². The van der Waals surface area contributed by atoms with Crippen molar-refractivity contribution >= 4 is 5.97 Å². The minimum Gasteiger partial charge on any atom is -0.462 e. The van der Waals surface area contributed by atoms with Crippen molar-refractivity contribution in [3.63, 3.8) is 0 Å². The van der Waals surface area contributed by atoms with E-state index >= 15 is 0 Å². The highest BCUT2D eigenvalue weighted by Gasteiger charge is 2.32. The lowest BCUT2D eigenvalue weighted by Gasteiger charge is -2.38. The van der Waals surface area contributed by atoms with E-state index in [9.17, 15) is 4.79 Å². The van der Waals surface area contributed by atoms with Crippen LogP contribution < -0.4 is 0 Å². The molecule has 0 aliphatic heterocycles. The average molecular weight is 419 g/mol. The summed E-state index contributed by atoms with van der Waals surface area (Å²) >= 11 is 0. The molecule has 3 rings (SSSR count). The molecule has 0 spiro atoms. The molecule has 0 aromatic rings. The van der Waals surface area contributed by atoms with Crippen LogP contribution in [-0.4, -0.2) is 12.1 Å². The first-order chi connectivity index (χ1) is 14.7. The van der Waals surface area contributed by atoms with E-state index in [0.717, 1.165) is 42.4 Å². The van der Waals surface area contributed by atoms with E-state index in [4.69, 9.17) is 4.74 Å². The zero-order valence-corrected chi connectivity index (χ0v) is 20.2. The molecule has 0 saturated heterocycles. The predicted molar refractivity (Wildman–Crippen MR) is 126 cm³/mol. The summed E-state index contributed by atoms with van der Waals surface area (Å²) in [4.78, 5) is 11.5. The van der Waals surface area contributed by atoms with Crippen LogP contribution in [0.15, 0.2) is 0 Å². The smallest absolute Gasteiger partial charge is 0.305 e. The molecule has 3 aliphatic rings. The van der Waals surface area contributed by atoms with Gasteiger partial charge in [0.05, 0.1) is 0 Å². The first-order valence-corrected chi connectivity index (χ1v) is 13.9. The van der Waals surface area contributed by atoms with E-state index in [1.165, 1.54) is 103 Å². The Morgan fingerprint density at radius 3 is 1.60 bits per heavy atom. The second kappa shape index (κ2) is 13.1. The van der Waals surface area contributed by atoms with Crippen LogP contribution in [0.5, 0.6) is 0 Å². The highest BCUT2D eigenvalue weighted by atomic mass is 16.5. The molecule has 0 heterocycles. The summed E-state index contributed by atoms with van der Waals surface area (Å²) in [5.41, 5.74) is 0. The molecular weight excluding hydrogens is 368 g/mol. The van der Waals surface area contributed by atoms with E-state index in [-0.39, 0.29) is 12.1 Å². The Morgan fingerprint density at radius 2 is 1.10 bits per heavy atom. The summed E-state index contributed by atoms with van der Waals surface area (Å²) in [6, 6.07) is 0. The second-order valence-corrected chi connectivity index (χ2v) is 11.1. The lowest BCUT2D eigenvalue weighted by molar-refractivity contribution is -0.150. The Balaban J connectivity index is 1.25. The molecule has 3 fully saturated rings. The number of ether oxygens (including phenoxy) is 1. The number of carbonyl (C=O) groups is 1. The van der Waals surface area contributed by atoms with Crippen molar-refractivity contribution in [3.8, 4) is 0 Å². The van der Waals surface area contributed by atoms with Gasteiger partial charge in [-0.05, 0) is 68.1 Å². The highest BCUT2D eigenvalue weighted by molar-refractivity contribution is 5.69. The van der Waals surface area contributed by atoms with Gasteiger partial charge in [0.15, 0.2) is 0 Å². The van der Waals surface area contributed by atoms with Crippen molar-refractivity contribution in [2.24, 2.45) is 29.6 Å². The van der Waals surface area contributed by atoms with Crippen LogP contribution >= 0.6 is 0 Å². The fourth-order valence-electron chi connectivity index (χ4n) is 6.86. The summed E-state index contributed by atoms with van der Waals surface area (Å²) < 4.78 is 5.57. The van der Waals surface area contributed by atoms with Crippen LogP contribution in [0, 0.1) is 29.6 Å². The maximum absolute atomic E-state index is 11.5. The van der Waals surface area contributed by atoms with Crippen LogP contribution in [-0.2, 0) is 9.53 Å². The minimum atomic E-state index is -0.0102. The molecule has 0 unspecified atom stereocenters. The third-order valence-electron chi connectivity index (χ3n) is 9.03. The molecule has 2 heteroatoms. The lowest BCUT2D eigenvalue weighted by atomic mass is 9.69. The highest BCUT2D eigenvalue weighted by Crippen LogP contribution is 2.42. The van der Waals surface area contributed by atoms with Crippen LogP contribution in [0.2, 0.25) is 0 Å². The van der Waals surface area contributed by atoms with Crippen LogP contribution in [0.1, 0.15) is 136 Å². The normalized spacial score (nSPS) is 35.1. The van der Waals surface area contributed by atoms with Crippen molar-refractivity contribution in [1.82, 2.24) is 0 Å². The first kappa shape index (κ1) is 24.1. The quantitative estimate of drug-likeness (QED) is 0.263. The molecule has 0 amide bonds. The van der Waals surface area contributed by atoms with Gasteiger partial charge in [0, 0.05) is 6.42 Å². The Kier molecular flexibility index (Phi) is 10.5. The largest absolute Gasteiger partial charge is 0.462 e. The molecule has 3 saturated carbocycles. The summed E-state index contributed by atoms with van der Waals surface area (Å²) in [7, 11) is 0. The number of rotatable bonds is 10. The summed E-state index contributed by atoms with van der Waals surface area (Å²) in [5, 5.41) is 0. The molecule has 0 aromatic carbocycles. The Bertz CT molecular complexity index is 463. The van der Waals surface area contributed by atoms with Gasteiger partial charge in [-0.15, -0.1) is 0 Å². The van der Waals surface area contributed by atoms with Gasteiger partial charge in [-0.3, -0.25) is 4.79 Å². The minimum absolute atomic E-state index is 0.0102. The number of esters is 1. The molecule has 0 radical (unpaired) electrons. The molecule has 0 aromatic heterocycles. The summed E-state index contributed by atoms with van der Waals surface area (Å²) in [6.07, 6.45) is 26.4. The number of unbranched alkanes of at least 4 members (excludes halogenated alkanes) is 2. The topological polar surface area (TPSA) is 26.3 Å². The van der Waals surface area contributed by atoms with Crippen molar-refractivity contribution in [2.75, 3.05) is 0 Å². The van der Waals surface area contributed by atoms with Gasteiger partial charge in [-0.25, -0.2) is 0 Å². The van der Waals surface area contributed by atoms with Crippen LogP contribution in [0.3, 0.4) is 0 Å². The van der Waals surface area contributed by atoms with Crippen molar-refractivity contribution in [3.05, 3.63) is 0 Å². The van der Waals surface area contributed by atoms with Gasteiger partial charge in [-0.1, -0.05) is 90.9 Å². The predicted octanol–water partition coefficient (Wildman–Crippen LogP) is 8.47. The maximum Gasteiger partial charge on any atom is 0.305 e. The zero-order chi connectivity index (χ0) is 21.2. The summed E-state index contributed by atoms with van der Waals surface area (Å²) in [6.45, 7) is 4.22. The van der Waals surface area contributed by atoms with Gasteiger partial charge in [0.2, 0.25) is 0 Å². The lowest BCUT2D eigenvalue weighted by Crippen LogP contribution is -2.29. The second-order valence-electron chi connectivity index (χ2n) is 11.1. The fourth-order valence-corrected chi connectivity index (χ4v) is 6.86. The van der Waals surface area contributed by atoms with E-state index < -0.39 is 0 Å². The fraction of sp³-hybridized carbons (Fsp3) is 0.964. The van der Waals surface area contributed by atoms with Gasteiger partial charge in [0.25, 0.3) is 0 Å². The first-order valence-electron chi connectivity index (χ1n) is 13.9. The van der Waals surface area contributed by atoms with Gasteiger partial charge < -0.3 is 4.74 Å². The number of carbonyl (C=O) groups excluding carboxylic acids is 1. The monoisotopic (exact) mass is 418 g/mol. The van der Waals surface area contributed by atoms with E-state index in [1.807, 2.05) is 6.92 Å². The maximum atomic E-state index is 11.5. The van der Waals surface area contributed by atoms with Crippen molar-refractivity contribution < 1.29 is 9.53 Å². The van der Waals surface area contributed by atoms with Gasteiger partial charge >= 0.3 is 5.97 Å². The molecule has 2 nitrogen and oxygen atoms in total. The van der Waals surface area contributed by atoms with E-state index in [1.54, 1.807) is 0 Å². The standard InChI is InChI=1S/C28H50O2/c1-3-5-6-7-22-8-10-23(11-9-22)12-13-24-14-16-25(17-15-24)26-18-20-27(21-19-26)30-28(29)4-2/h22-27H,3-21H2,1-2H3/t22-,23-,24-,25-,26-,27-. The average Bonchev–Trinajstić information content (AvgIpc) is 2.79. The molecular formula is C28H50O2. The SMILES string of the molecule is CCCCC[C@H]1CC[C@H](CC[C@H]2CC[C@H]([C@H]3CC[C@H](OC(=O)CC)CC3)CC2)CC1. The Labute approximate surface area is 187 Å². The molecule has 0 bridgehead atoms. The molecule has 0 atom stereocenters.